The second kappa shape index (κ2) is 6.12. The molecular formula is C11H16ClNO3S. The van der Waals surface area contributed by atoms with E-state index in [2.05, 4.69) is 0 Å². The Bertz CT molecular complexity index is 474. The minimum absolute atomic E-state index is 0.135. The van der Waals surface area contributed by atoms with Crippen LogP contribution in [0.4, 0.5) is 5.69 Å². The Morgan fingerprint density at radius 1 is 1.41 bits per heavy atom. The monoisotopic (exact) mass is 277 g/mol. The van der Waals surface area contributed by atoms with Gasteiger partial charge < -0.3 is 10.5 Å². The van der Waals surface area contributed by atoms with Crippen LogP contribution in [-0.4, -0.2) is 26.5 Å². The molecule has 0 aliphatic carbocycles. The topological polar surface area (TPSA) is 69.4 Å². The highest BCUT2D eigenvalue weighted by atomic mass is 35.5. The third-order valence-electron chi connectivity index (χ3n) is 2.25. The molecule has 17 heavy (non-hydrogen) atoms. The fraction of sp³-hybridized carbons (Fsp3) is 0.455. The van der Waals surface area contributed by atoms with Crippen molar-refractivity contribution in [3.8, 4) is 5.75 Å². The van der Waals surface area contributed by atoms with E-state index in [0.29, 0.717) is 29.5 Å². The lowest BCUT2D eigenvalue weighted by Crippen LogP contribution is -2.11. The van der Waals surface area contributed by atoms with Crippen LogP contribution >= 0.6 is 11.6 Å². The van der Waals surface area contributed by atoms with Crippen molar-refractivity contribution in [2.75, 3.05) is 23.8 Å². The van der Waals surface area contributed by atoms with Crippen LogP contribution in [0, 0.1) is 0 Å². The van der Waals surface area contributed by atoms with E-state index in [-0.39, 0.29) is 11.5 Å². The smallest absolute Gasteiger partial charge is 0.150 e. The molecule has 0 aromatic heterocycles. The molecule has 4 nitrogen and oxygen atoms in total. The molecule has 0 saturated heterocycles. The predicted molar refractivity (Wildman–Crippen MR) is 70.3 cm³/mol. The maximum Gasteiger partial charge on any atom is 0.150 e. The molecule has 2 N–H and O–H groups in total. The van der Waals surface area contributed by atoms with Crippen molar-refractivity contribution >= 4 is 27.1 Å². The third kappa shape index (κ3) is 4.83. The van der Waals surface area contributed by atoms with Gasteiger partial charge in [0.1, 0.15) is 15.6 Å². The summed E-state index contributed by atoms with van der Waals surface area (Å²) in [5.74, 6) is 0.820. The van der Waals surface area contributed by atoms with Crippen LogP contribution in [0.1, 0.15) is 13.3 Å². The van der Waals surface area contributed by atoms with Gasteiger partial charge in [-0.15, -0.1) is 0 Å². The summed E-state index contributed by atoms with van der Waals surface area (Å²) in [4.78, 5) is 0. The lowest BCUT2D eigenvalue weighted by atomic mass is 10.3. The normalized spacial score (nSPS) is 11.4. The number of ether oxygens (including phenoxy) is 1. The van der Waals surface area contributed by atoms with Gasteiger partial charge in [0.15, 0.2) is 0 Å². The van der Waals surface area contributed by atoms with Gasteiger partial charge in [0.25, 0.3) is 0 Å². The number of anilines is 1. The van der Waals surface area contributed by atoms with Gasteiger partial charge in [-0.3, -0.25) is 0 Å². The first kappa shape index (κ1) is 14.1. The third-order valence-corrected chi connectivity index (χ3v) is 4.34. The second-order valence-corrected chi connectivity index (χ2v) is 6.51. The summed E-state index contributed by atoms with van der Waals surface area (Å²) >= 11 is 5.90. The summed E-state index contributed by atoms with van der Waals surface area (Å²) in [5, 5.41) is 0.434. The predicted octanol–water partition coefficient (Wildman–Crippen LogP) is 2.13. The molecule has 0 unspecified atom stereocenters. The highest BCUT2D eigenvalue weighted by molar-refractivity contribution is 7.91. The number of hydrogen-bond acceptors (Lipinski definition) is 4. The number of hydrogen-bond donors (Lipinski definition) is 1. The number of nitrogens with two attached hydrogens (primary N) is 1. The van der Waals surface area contributed by atoms with Gasteiger partial charge in [-0.1, -0.05) is 18.5 Å². The van der Waals surface area contributed by atoms with Crippen molar-refractivity contribution in [2.45, 2.75) is 13.3 Å². The Kier molecular flexibility index (Phi) is 5.08. The zero-order valence-corrected chi connectivity index (χ0v) is 11.2. The zero-order valence-electron chi connectivity index (χ0n) is 9.65. The van der Waals surface area contributed by atoms with Crippen molar-refractivity contribution in [3.05, 3.63) is 23.2 Å². The molecule has 1 aromatic carbocycles. The summed E-state index contributed by atoms with van der Waals surface area (Å²) in [7, 11) is -2.92. The van der Waals surface area contributed by atoms with E-state index >= 15 is 0 Å². The SMILES string of the molecule is CCS(=O)(=O)CCCOc1ccc(N)cc1Cl. The van der Waals surface area contributed by atoms with E-state index in [1.54, 1.807) is 25.1 Å². The van der Waals surface area contributed by atoms with E-state index < -0.39 is 9.84 Å². The largest absolute Gasteiger partial charge is 0.492 e. The number of halogens is 1. The van der Waals surface area contributed by atoms with Crippen LogP contribution in [0.25, 0.3) is 0 Å². The number of rotatable bonds is 6. The second-order valence-electron chi connectivity index (χ2n) is 3.63. The van der Waals surface area contributed by atoms with Crippen molar-refractivity contribution in [1.29, 1.82) is 0 Å². The minimum atomic E-state index is -2.92. The summed E-state index contributed by atoms with van der Waals surface area (Å²) < 4.78 is 27.8. The molecule has 0 saturated carbocycles. The van der Waals surface area contributed by atoms with Crippen LogP contribution in [0.15, 0.2) is 18.2 Å². The summed E-state index contributed by atoms with van der Waals surface area (Å²) in [6.45, 7) is 1.95. The maximum atomic E-state index is 11.2. The van der Waals surface area contributed by atoms with Crippen LogP contribution in [-0.2, 0) is 9.84 Å². The van der Waals surface area contributed by atoms with E-state index in [1.807, 2.05) is 0 Å². The molecule has 1 rings (SSSR count). The molecule has 0 bridgehead atoms. The first-order valence-electron chi connectivity index (χ1n) is 5.33. The zero-order chi connectivity index (χ0) is 12.9. The first-order chi connectivity index (χ1) is 7.94. The van der Waals surface area contributed by atoms with Crippen molar-refractivity contribution in [3.63, 3.8) is 0 Å². The highest BCUT2D eigenvalue weighted by Gasteiger charge is 2.07. The molecular weight excluding hydrogens is 262 g/mol. The molecule has 0 fully saturated rings. The van der Waals surface area contributed by atoms with Gasteiger partial charge in [-0.2, -0.15) is 0 Å². The van der Waals surface area contributed by atoms with Crippen LogP contribution < -0.4 is 10.5 Å². The molecule has 0 spiro atoms. The summed E-state index contributed by atoms with van der Waals surface area (Å²) in [6, 6.07) is 4.95. The Morgan fingerprint density at radius 3 is 2.71 bits per heavy atom. The molecule has 96 valence electrons. The molecule has 1 aromatic rings. The quantitative estimate of drug-likeness (QED) is 0.639. The fourth-order valence-electron chi connectivity index (χ4n) is 1.24. The van der Waals surface area contributed by atoms with Crippen LogP contribution in [0.5, 0.6) is 5.75 Å². The van der Waals surface area contributed by atoms with Crippen LogP contribution in [0.3, 0.4) is 0 Å². The molecule has 0 aliphatic heterocycles. The molecule has 0 atom stereocenters. The first-order valence-corrected chi connectivity index (χ1v) is 7.53. The van der Waals surface area contributed by atoms with E-state index in [4.69, 9.17) is 22.1 Å². The van der Waals surface area contributed by atoms with Gasteiger partial charge in [0.05, 0.1) is 17.4 Å². The van der Waals surface area contributed by atoms with Crippen LogP contribution in [0.2, 0.25) is 5.02 Å². The highest BCUT2D eigenvalue weighted by Crippen LogP contribution is 2.26. The van der Waals surface area contributed by atoms with Crippen molar-refractivity contribution < 1.29 is 13.2 Å². The molecule has 0 aliphatic rings. The van der Waals surface area contributed by atoms with Gasteiger partial charge in [0, 0.05) is 11.4 Å². The van der Waals surface area contributed by atoms with Gasteiger partial charge in [-0.05, 0) is 24.6 Å². The van der Waals surface area contributed by atoms with Crippen molar-refractivity contribution in [1.82, 2.24) is 0 Å². The lowest BCUT2D eigenvalue weighted by Gasteiger charge is -2.08. The molecule has 0 amide bonds. The van der Waals surface area contributed by atoms with Gasteiger partial charge in [0.2, 0.25) is 0 Å². The average Bonchev–Trinajstić information content (AvgIpc) is 2.27. The molecule has 0 heterocycles. The van der Waals surface area contributed by atoms with Gasteiger partial charge >= 0.3 is 0 Å². The summed E-state index contributed by atoms with van der Waals surface area (Å²) in [5.41, 5.74) is 6.10. The molecule has 6 heteroatoms. The number of benzene rings is 1. The average molecular weight is 278 g/mol. The fourth-order valence-corrected chi connectivity index (χ4v) is 2.33. The van der Waals surface area contributed by atoms with E-state index in [9.17, 15) is 8.42 Å². The Morgan fingerprint density at radius 2 is 2.12 bits per heavy atom. The lowest BCUT2D eigenvalue weighted by molar-refractivity contribution is 0.318. The Balaban J connectivity index is 2.41. The minimum Gasteiger partial charge on any atom is -0.492 e. The van der Waals surface area contributed by atoms with Crippen molar-refractivity contribution in [2.24, 2.45) is 0 Å². The Hall–Kier alpha value is -0.940. The number of nitrogen functional groups attached to an aromatic ring is 1. The van der Waals surface area contributed by atoms with E-state index in [0.717, 1.165) is 0 Å². The standard InChI is InChI=1S/C11H16ClNO3S/c1-2-17(14,15)7-3-6-16-11-5-4-9(13)8-10(11)12/h4-5,8H,2-3,6-7,13H2,1H3. The maximum absolute atomic E-state index is 11.2. The molecule has 0 radical (unpaired) electrons. The summed E-state index contributed by atoms with van der Waals surface area (Å²) in [6.07, 6.45) is 0.455. The Labute approximate surface area is 107 Å². The van der Waals surface area contributed by atoms with Gasteiger partial charge in [-0.25, -0.2) is 8.42 Å². The van der Waals surface area contributed by atoms with E-state index in [1.165, 1.54) is 0 Å². The number of sulfone groups is 1.